The first kappa shape index (κ1) is 18.3. The molecule has 0 spiro atoms. The maximum atomic E-state index is 12.9. The lowest BCUT2D eigenvalue weighted by Crippen LogP contribution is -2.35. The summed E-state index contributed by atoms with van der Waals surface area (Å²) in [4.78, 5) is 43.3. The number of nitrogens with one attached hydrogen (secondary N) is 2. The Bertz CT molecular complexity index is 1070. The molecule has 27 heavy (non-hydrogen) atoms. The van der Waals surface area contributed by atoms with Crippen LogP contribution in [0.2, 0.25) is 0 Å². The SMILES string of the molecule is Cc1ccn(C(C)c2ccccc2)c(=O)c1C(=O)NCc1cc(=O)[nH]cn1. The van der Waals surface area contributed by atoms with Crippen LogP contribution in [-0.4, -0.2) is 20.4 Å². The molecule has 3 aromatic rings. The number of H-pyrrole nitrogens is 1. The van der Waals surface area contributed by atoms with E-state index in [2.05, 4.69) is 15.3 Å². The van der Waals surface area contributed by atoms with E-state index >= 15 is 0 Å². The Balaban J connectivity index is 1.88. The first-order valence-electron chi connectivity index (χ1n) is 8.56. The number of rotatable bonds is 5. The molecule has 0 aliphatic heterocycles. The second-order valence-corrected chi connectivity index (χ2v) is 6.26. The summed E-state index contributed by atoms with van der Waals surface area (Å²) in [5, 5.41) is 2.66. The highest BCUT2D eigenvalue weighted by Gasteiger charge is 2.18. The largest absolute Gasteiger partial charge is 0.346 e. The van der Waals surface area contributed by atoms with E-state index in [-0.39, 0.29) is 29.3 Å². The predicted molar refractivity (Wildman–Crippen MR) is 102 cm³/mol. The lowest BCUT2D eigenvalue weighted by atomic mass is 10.1. The quantitative estimate of drug-likeness (QED) is 0.721. The summed E-state index contributed by atoms with van der Waals surface area (Å²) in [6.45, 7) is 3.69. The zero-order valence-electron chi connectivity index (χ0n) is 15.1. The van der Waals surface area contributed by atoms with E-state index in [4.69, 9.17) is 0 Å². The van der Waals surface area contributed by atoms with Gasteiger partial charge in [-0.05, 0) is 31.0 Å². The molecule has 2 heterocycles. The highest BCUT2D eigenvalue weighted by atomic mass is 16.2. The summed E-state index contributed by atoms with van der Waals surface area (Å²) < 4.78 is 1.54. The lowest BCUT2D eigenvalue weighted by Gasteiger charge is -2.17. The van der Waals surface area contributed by atoms with Crippen LogP contribution in [0.1, 0.15) is 40.1 Å². The summed E-state index contributed by atoms with van der Waals surface area (Å²) in [7, 11) is 0. The highest BCUT2D eigenvalue weighted by Crippen LogP contribution is 2.16. The molecular formula is C20H20N4O3. The number of carbonyl (C=O) groups excluding carboxylic acids is 1. The van der Waals surface area contributed by atoms with Gasteiger partial charge in [-0.1, -0.05) is 30.3 Å². The van der Waals surface area contributed by atoms with Crippen LogP contribution in [0, 0.1) is 6.92 Å². The van der Waals surface area contributed by atoms with Crippen molar-refractivity contribution in [2.45, 2.75) is 26.4 Å². The van der Waals surface area contributed by atoms with Gasteiger partial charge in [0.1, 0.15) is 5.56 Å². The Hall–Kier alpha value is -3.48. The number of benzene rings is 1. The number of aryl methyl sites for hydroxylation is 1. The minimum absolute atomic E-state index is 0.0603. The summed E-state index contributed by atoms with van der Waals surface area (Å²) in [5.41, 5.74) is 1.41. The molecule has 138 valence electrons. The van der Waals surface area contributed by atoms with Gasteiger partial charge in [-0.15, -0.1) is 0 Å². The fourth-order valence-electron chi connectivity index (χ4n) is 2.88. The summed E-state index contributed by atoms with van der Waals surface area (Å²) in [6, 6.07) is 12.5. The Kier molecular flexibility index (Phi) is 5.30. The van der Waals surface area contributed by atoms with Crippen molar-refractivity contribution in [3.05, 3.63) is 98.1 Å². The van der Waals surface area contributed by atoms with Gasteiger partial charge in [-0.25, -0.2) is 4.98 Å². The van der Waals surface area contributed by atoms with Crippen LogP contribution < -0.4 is 16.4 Å². The van der Waals surface area contributed by atoms with Crippen molar-refractivity contribution < 1.29 is 4.79 Å². The van der Waals surface area contributed by atoms with Crippen LogP contribution in [0.3, 0.4) is 0 Å². The molecule has 0 fully saturated rings. The van der Waals surface area contributed by atoms with E-state index in [0.29, 0.717) is 11.3 Å². The third-order valence-corrected chi connectivity index (χ3v) is 4.42. The van der Waals surface area contributed by atoms with Crippen molar-refractivity contribution in [3.8, 4) is 0 Å². The molecule has 1 atom stereocenters. The third kappa shape index (κ3) is 4.03. The van der Waals surface area contributed by atoms with E-state index in [9.17, 15) is 14.4 Å². The average Bonchev–Trinajstić information content (AvgIpc) is 2.67. The number of hydrogen-bond donors (Lipinski definition) is 2. The Labute approximate surface area is 155 Å². The first-order valence-corrected chi connectivity index (χ1v) is 8.56. The topological polar surface area (TPSA) is 96.9 Å². The van der Waals surface area contributed by atoms with Gasteiger partial charge in [0, 0.05) is 12.3 Å². The summed E-state index contributed by atoms with van der Waals surface area (Å²) >= 11 is 0. The van der Waals surface area contributed by atoms with Crippen molar-refractivity contribution in [1.29, 1.82) is 0 Å². The first-order chi connectivity index (χ1) is 13.0. The van der Waals surface area contributed by atoms with Gasteiger partial charge in [0.05, 0.1) is 24.6 Å². The molecule has 1 unspecified atom stereocenters. The zero-order chi connectivity index (χ0) is 19.4. The molecule has 1 amide bonds. The van der Waals surface area contributed by atoms with Gasteiger partial charge in [-0.2, -0.15) is 0 Å². The molecule has 0 saturated carbocycles. The Morgan fingerprint density at radius 3 is 2.67 bits per heavy atom. The smallest absolute Gasteiger partial charge is 0.264 e. The summed E-state index contributed by atoms with van der Waals surface area (Å²) in [6.07, 6.45) is 2.97. The van der Waals surface area contributed by atoms with Gasteiger partial charge in [0.25, 0.3) is 17.0 Å². The van der Waals surface area contributed by atoms with E-state index in [0.717, 1.165) is 5.56 Å². The molecule has 7 heteroatoms. The van der Waals surface area contributed by atoms with Gasteiger partial charge < -0.3 is 14.9 Å². The van der Waals surface area contributed by atoms with E-state index in [1.54, 1.807) is 23.8 Å². The van der Waals surface area contributed by atoms with Crippen molar-refractivity contribution in [3.63, 3.8) is 0 Å². The number of carbonyl (C=O) groups is 1. The van der Waals surface area contributed by atoms with Crippen LogP contribution in [-0.2, 0) is 6.54 Å². The maximum absolute atomic E-state index is 12.9. The number of hydrogen-bond acceptors (Lipinski definition) is 4. The van der Waals surface area contributed by atoms with Crippen molar-refractivity contribution in [2.24, 2.45) is 0 Å². The molecule has 1 aromatic carbocycles. The fourth-order valence-corrected chi connectivity index (χ4v) is 2.88. The fraction of sp³-hybridized carbons (Fsp3) is 0.200. The Morgan fingerprint density at radius 1 is 1.22 bits per heavy atom. The molecule has 0 bridgehead atoms. The lowest BCUT2D eigenvalue weighted by molar-refractivity contribution is 0.0947. The molecule has 0 aliphatic rings. The van der Waals surface area contributed by atoms with E-state index in [1.807, 2.05) is 37.3 Å². The van der Waals surface area contributed by atoms with Crippen molar-refractivity contribution in [2.75, 3.05) is 0 Å². The normalized spacial score (nSPS) is 11.8. The molecule has 2 aromatic heterocycles. The minimum atomic E-state index is -0.491. The molecule has 3 rings (SSSR count). The van der Waals surface area contributed by atoms with E-state index in [1.165, 1.54) is 12.4 Å². The van der Waals surface area contributed by atoms with Crippen molar-refractivity contribution in [1.82, 2.24) is 19.9 Å². The van der Waals surface area contributed by atoms with Crippen LogP contribution >= 0.6 is 0 Å². The number of aromatic amines is 1. The van der Waals surface area contributed by atoms with Crippen LogP contribution in [0.5, 0.6) is 0 Å². The molecule has 0 saturated heterocycles. The monoisotopic (exact) mass is 364 g/mol. The number of nitrogens with zero attached hydrogens (tertiary/aromatic N) is 2. The van der Waals surface area contributed by atoms with Crippen LogP contribution in [0.25, 0.3) is 0 Å². The maximum Gasteiger partial charge on any atom is 0.264 e. The minimum Gasteiger partial charge on any atom is -0.346 e. The second-order valence-electron chi connectivity index (χ2n) is 6.26. The number of aromatic nitrogens is 3. The van der Waals surface area contributed by atoms with Gasteiger partial charge in [-0.3, -0.25) is 14.4 Å². The average molecular weight is 364 g/mol. The molecular weight excluding hydrogens is 344 g/mol. The Morgan fingerprint density at radius 2 is 1.96 bits per heavy atom. The van der Waals surface area contributed by atoms with Gasteiger partial charge in [0.2, 0.25) is 0 Å². The number of pyridine rings is 1. The molecule has 7 nitrogen and oxygen atoms in total. The second kappa shape index (κ2) is 7.82. The van der Waals surface area contributed by atoms with Crippen LogP contribution in [0.4, 0.5) is 0 Å². The molecule has 0 radical (unpaired) electrons. The zero-order valence-corrected chi connectivity index (χ0v) is 15.1. The van der Waals surface area contributed by atoms with E-state index < -0.39 is 5.91 Å². The van der Waals surface area contributed by atoms with Crippen molar-refractivity contribution >= 4 is 5.91 Å². The third-order valence-electron chi connectivity index (χ3n) is 4.42. The number of amides is 1. The highest BCUT2D eigenvalue weighted by molar-refractivity contribution is 5.95. The van der Waals surface area contributed by atoms with Gasteiger partial charge in [0.15, 0.2) is 0 Å². The predicted octanol–water partition coefficient (Wildman–Crippen LogP) is 1.78. The standard InChI is InChI=1S/C20H20N4O3/c1-13-8-9-24(14(2)15-6-4-3-5-7-15)20(27)18(13)19(26)21-11-16-10-17(25)23-12-22-16/h3-10,12,14H,11H2,1-2H3,(H,21,26)(H,22,23,25). The van der Waals surface area contributed by atoms with Crippen LogP contribution in [0.15, 0.2) is 64.6 Å². The van der Waals surface area contributed by atoms with Gasteiger partial charge >= 0.3 is 0 Å². The summed E-state index contributed by atoms with van der Waals surface area (Å²) in [5.74, 6) is -0.491. The molecule has 0 aliphatic carbocycles. The molecule has 2 N–H and O–H groups in total.